The number of hydrogen-bond donors (Lipinski definition) is 2. The van der Waals surface area contributed by atoms with Gasteiger partial charge in [-0.1, -0.05) is 13.8 Å². The van der Waals surface area contributed by atoms with Crippen molar-refractivity contribution in [3.05, 3.63) is 0 Å². The van der Waals surface area contributed by atoms with Gasteiger partial charge in [0.15, 0.2) is 5.90 Å². The lowest BCUT2D eigenvalue weighted by Crippen LogP contribution is -2.19. The highest BCUT2D eigenvalue weighted by Gasteiger charge is 1.88. The van der Waals surface area contributed by atoms with E-state index in [0.29, 0.717) is 19.0 Å². The quantitative estimate of drug-likeness (QED) is 0.257. The van der Waals surface area contributed by atoms with Gasteiger partial charge in [0.1, 0.15) is 6.73 Å². The average molecular weight is 130 g/mol. The van der Waals surface area contributed by atoms with Gasteiger partial charge in [-0.05, 0) is 6.54 Å². The average Bonchev–Trinajstić information content (AvgIpc) is 1.89. The van der Waals surface area contributed by atoms with Gasteiger partial charge in [0.05, 0.1) is 0 Å². The molecule has 0 aliphatic carbocycles. The minimum Gasteiger partial charge on any atom is -0.466 e. The van der Waals surface area contributed by atoms with Crippen molar-refractivity contribution in [2.75, 3.05) is 13.3 Å². The first-order valence-electron chi connectivity index (χ1n) is 3.22. The summed E-state index contributed by atoms with van der Waals surface area (Å²) in [5.74, 6) is 0.343. The number of rotatable bonds is 4. The van der Waals surface area contributed by atoms with Crippen molar-refractivity contribution in [3.8, 4) is 0 Å². The Labute approximate surface area is 55.9 Å². The zero-order valence-electron chi connectivity index (χ0n) is 6.03. The minimum atomic E-state index is 0.343. The first kappa shape index (κ1) is 8.43. The van der Waals surface area contributed by atoms with E-state index in [4.69, 9.17) is 10.1 Å². The van der Waals surface area contributed by atoms with E-state index in [1.807, 2.05) is 13.8 Å². The van der Waals surface area contributed by atoms with Crippen molar-refractivity contribution in [2.45, 2.75) is 20.3 Å². The molecule has 0 unspecified atom stereocenters. The molecule has 3 heteroatoms. The fourth-order valence-electron chi connectivity index (χ4n) is 0.342. The third-order valence-electron chi connectivity index (χ3n) is 0.920. The summed E-state index contributed by atoms with van der Waals surface area (Å²) in [6, 6.07) is 0. The lowest BCUT2D eigenvalue weighted by molar-refractivity contribution is 0.265. The molecule has 0 aliphatic heterocycles. The lowest BCUT2D eigenvalue weighted by Gasteiger charge is -2.03. The molecule has 2 N–H and O–H groups in total. The van der Waals surface area contributed by atoms with Crippen molar-refractivity contribution in [1.82, 2.24) is 5.32 Å². The van der Waals surface area contributed by atoms with Gasteiger partial charge in [-0.25, -0.2) is 0 Å². The summed E-state index contributed by atoms with van der Waals surface area (Å²) in [5, 5.41) is 10.0. The van der Waals surface area contributed by atoms with Crippen LogP contribution >= 0.6 is 0 Å². The molecule has 0 atom stereocenters. The minimum absolute atomic E-state index is 0.343. The molecule has 54 valence electrons. The summed E-state index contributed by atoms with van der Waals surface area (Å²) in [4.78, 5) is 0. The monoisotopic (exact) mass is 130 g/mol. The predicted octanol–water partition coefficient (Wildman–Crippen LogP) is 0.957. The molecule has 0 spiro atoms. The highest BCUT2D eigenvalue weighted by atomic mass is 16.5. The van der Waals surface area contributed by atoms with Crippen LogP contribution in [0.15, 0.2) is 0 Å². The maximum absolute atomic E-state index is 7.05. The Morgan fingerprint density at radius 1 is 1.56 bits per heavy atom. The predicted molar refractivity (Wildman–Crippen MR) is 37.6 cm³/mol. The Balaban J connectivity index is 2.97. The van der Waals surface area contributed by atoms with Crippen LogP contribution in [0, 0.1) is 5.41 Å². The summed E-state index contributed by atoms with van der Waals surface area (Å²) < 4.78 is 4.90. The topological polar surface area (TPSA) is 45.1 Å². The van der Waals surface area contributed by atoms with Crippen LogP contribution in [-0.4, -0.2) is 19.2 Å². The summed E-state index contributed by atoms with van der Waals surface area (Å²) in [7, 11) is 0. The zero-order valence-corrected chi connectivity index (χ0v) is 6.03. The van der Waals surface area contributed by atoms with E-state index in [0.717, 1.165) is 6.54 Å². The molecule has 0 radical (unpaired) electrons. The molecule has 0 rings (SSSR count). The fraction of sp³-hybridized carbons (Fsp3) is 0.833. The van der Waals surface area contributed by atoms with Gasteiger partial charge in [0.25, 0.3) is 0 Å². The van der Waals surface area contributed by atoms with Gasteiger partial charge in [-0.3, -0.25) is 10.7 Å². The molecule has 0 bridgehead atoms. The Bertz CT molecular complexity index is 83.1. The Kier molecular flexibility index (Phi) is 5.21. The third-order valence-corrected chi connectivity index (χ3v) is 0.920. The van der Waals surface area contributed by atoms with E-state index in [1.54, 1.807) is 0 Å². The molecule has 0 fully saturated rings. The van der Waals surface area contributed by atoms with Gasteiger partial charge < -0.3 is 4.74 Å². The number of hydrogen-bond acceptors (Lipinski definition) is 3. The third kappa shape index (κ3) is 5.30. The molecule has 0 saturated carbocycles. The molecular formula is C6H14N2O. The molecular weight excluding hydrogens is 116 g/mol. The van der Waals surface area contributed by atoms with Gasteiger partial charge in [0.2, 0.25) is 0 Å². The molecule has 0 aromatic heterocycles. The van der Waals surface area contributed by atoms with Crippen LogP contribution < -0.4 is 5.32 Å². The van der Waals surface area contributed by atoms with Crippen molar-refractivity contribution < 1.29 is 4.74 Å². The SMILES string of the molecule is CCNCOC(=N)CC. The Hall–Kier alpha value is -0.570. The van der Waals surface area contributed by atoms with Crippen LogP contribution in [0.2, 0.25) is 0 Å². The standard InChI is InChI=1S/C6H14N2O/c1-3-6(7)9-5-8-4-2/h7-8H,3-5H2,1-2H3. The largest absolute Gasteiger partial charge is 0.466 e. The van der Waals surface area contributed by atoms with E-state index < -0.39 is 0 Å². The smallest absolute Gasteiger partial charge is 0.181 e. The molecule has 0 aliphatic rings. The van der Waals surface area contributed by atoms with Crippen LogP contribution in [0.5, 0.6) is 0 Å². The number of nitrogens with one attached hydrogen (secondary N) is 2. The van der Waals surface area contributed by atoms with Crippen molar-refractivity contribution in [1.29, 1.82) is 5.41 Å². The first-order chi connectivity index (χ1) is 4.31. The number of ether oxygens (including phenoxy) is 1. The molecule has 0 amide bonds. The van der Waals surface area contributed by atoms with E-state index in [1.165, 1.54) is 0 Å². The van der Waals surface area contributed by atoms with Crippen LogP contribution in [0.25, 0.3) is 0 Å². The molecule has 9 heavy (non-hydrogen) atoms. The summed E-state index contributed by atoms with van der Waals surface area (Å²) >= 11 is 0. The van der Waals surface area contributed by atoms with E-state index in [-0.39, 0.29) is 0 Å². The van der Waals surface area contributed by atoms with E-state index in [9.17, 15) is 0 Å². The highest BCUT2D eigenvalue weighted by Crippen LogP contribution is 1.81. The first-order valence-corrected chi connectivity index (χ1v) is 3.22. The van der Waals surface area contributed by atoms with E-state index >= 15 is 0 Å². The summed E-state index contributed by atoms with van der Waals surface area (Å²) in [5.41, 5.74) is 0. The van der Waals surface area contributed by atoms with Crippen molar-refractivity contribution >= 4 is 5.90 Å². The second-order valence-corrected chi connectivity index (χ2v) is 1.67. The van der Waals surface area contributed by atoms with Gasteiger partial charge in [-0.15, -0.1) is 0 Å². The molecule has 0 aromatic carbocycles. The molecule has 0 saturated heterocycles. The molecule has 0 aromatic rings. The van der Waals surface area contributed by atoms with Crippen molar-refractivity contribution in [3.63, 3.8) is 0 Å². The summed E-state index contributed by atoms with van der Waals surface area (Å²) in [6.45, 7) is 5.24. The molecule has 3 nitrogen and oxygen atoms in total. The maximum Gasteiger partial charge on any atom is 0.181 e. The van der Waals surface area contributed by atoms with Gasteiger partial charge >= 0.3 is 0 Å². The van der Waals surface area contributed by atoms with Crippen LogP contribution in [-0.2, 0) is 4.74 Å². The second-order valence-electron chi connectivity index (χ2n) is 1.67. The van der Waals surface area contributed by atoms with Gasteiger partial charge in [0, 0.05) is 6.42 Å². The fourth-order valence-corrected chi connectivity index (χ4v) is 0.342. The van der Waals surface area contributed by atoms with E-state index in [2.05, 4.69) is 5.32 Å². The summed E-state index contributed by atoms with van der Waals surface area (Å²) in [6.07, 6.45) is 0.672. The van der Waals surface area contributed by atoms with Crippen LogP contribution in [0.1, 0.15) is 20.3 Å². The second kappa shape index (κ2) is 5.56. The zero-order chi connectivity index (χ0) is 7.11. The lowest BCUT2D eigenvalue weighted by atomic mass is 10.5. The van der Waals surface area contributed by atoms with Crippen LogP contribution in [0.4, 0.5) is 0 Å². The maximum atomic E-state index is 7.05. The van der Waals surface area contributed by atoms with Crippen LogP contribution in [0.3, 0.4) is 0 Å². The van der Waals surface area contributed by atoms with Crippen molar-refractivity contribution in [2.24, 2.45) is 0 Å². The highest BCUT2D eigenvalue weighted by molar-refractivity contribution is 5.71. The normalized spacial score (nSPS) is 9.11. The Morgan fingerprint density at radius 2 is 2.22 bits per heavy atom. The Morgan fingerprint density at radius 3 is 2.67 bits per heavy atom. The molecule has 0 heterocycles. The van der Waals surface area contributed by atoms with Gasteiger partial charge in [-0.2, -0.15) is 0 Å².